The van der Waals surface area contributed by atoms with Gasteiger partial charge < -0.3 is 4.74 Å². The minimum absolute atomic E-state index is 0.0165. The number of nitro benzene ring substituents is 1. The van der Waals surface area contributed by atoms with Crippen LogP contribution in [0.2, 0.25) is 0 Å². The van der Waals surface area contributed by atoms with Crippen LogP contribution >= 0.6 is 0 Å². The van der Waals surface area contributed by atoms with E-state index in [1.807, 2.05) is 0 Å². The number of carbonyl (C=O) groups excluding carboxylic acids is 1. The maximum absolute atomic E-state index is 12.5. The molecule has 0 aliphatic carbocycles. The molecule has 0 unspecified atom stereocenters. The number of benzene rings is 1. The molecule has 0 spiro atoms. The van der Waals surface area contributed by atoms with Crippen molar-refractivity contribution in [2.75, 3.05) is 13.7 Å². The summed E-state index contributed by atoms with van der Waals surface area (Å²) in [6.45, 7) is 0.0165. The number of nitro groups is 1. The zero-order valence-electron chi connectivity index (χ0n) is 13.2. The molecule has 10 heteroatoms. The van der Waals surface area contributed by atoms with Gasteiger partial charge in [-0.15, -0.1) is 0 Å². The van der Waals surface area contributed by atoms with E-state index in [1.54, 1.807) is 24.4 Å². The van der Waals surface area contributed by atoms with Crippen LogP contribution in [0, 0.1) is 10.1 Å². The Morgan fingerprint density at radius 2 is 2.08 bits per heavy atom. The summed E-state index contributed by atoms with van der Waals surface area (Å²) in [5, 5.41) is 10.9. The predicted octanol–water partition coefficient (Wildman–Crippen LogP) is 1.30. The van der Waals surface area contributed by atoms with Crippen LogP contribution in [0.25, 0.3) is 0 Å². The van der Waals surface area contributed by atoms with E-state index in [4.69, 9.17) is 0 Å². The van der Waals surface area contributed by atoms with E-state index in [2.05, 4.69) is 14.4 Å². The van der Waals surface area contributed by atoms with Crippen molar-refractivity contribution in [3.8, 4) is 0 Å². The topological polar surface area (TPSA) is 128 Å². The van der Waals surface area contributed by atoms with Crippen LogP contribution in [0.3, 0.4) is 0 Å². The van der Waals surface area contributed by atoms with Crippen molar-refractivity contribution in [1.82, 2.24) is 9.71 Å². The van der Waals surface area contributed by atoms with E-state index >= 15 is 0 Å². The van der Waals surface area contributed by atoms with Crippen molar-refractivity contribution >= 4 is 21.7 Å². The van der Waals surface area contributed by atoms with Crippen molar-refractivity contribution in [2.24, 2.45) is 0 Å². The molecular weight excluding hydrogens is 350 g/mol. The van der Waals surface area contributed by atoms with Crippen LogP contribution in [0.5, 0.6) is 0 Å². The fourth-order valence-electron chi connectivity index (χ4n) is 2.06. The SMILES string of the molecule is COC(=O)c1ccc([N+](=O)[O-])cc1S(=O)(=O)NCCc1ccccn1. The molecule has 1 N–H and O–H groups in total. The third-order valence-electron chi connectivity index (χ3n) is 3.27. The van der Waals surface area contributed by atoms with Crippen molar-refractivity contribution in [3.63, 3.8) is 0 Å². The molecule has 0 aliphatic heterocycles. The van der Waals surface area contributed by atoms with Gasteiger partial charge in [0.2, 0.25) is 10.0 Å². The molecule has 25 heavy (non-hydrogen) atoms. The Labute approximate surface area is 143 Å². The summed E-state index contributed by atoms with van der Waals surface area (Å²) in [5.74, 6) is -0.903. The van der Waals surface area contributed by atoms with E-state index in [1.165, 1.54) is 0 Å². The number of carbonyl (C=O) groups is 1. The number of nitrogens with one attached hydrogen (secondary N) is 1. The van der Waals surface area contributed by atoms with Crippen LogP contribution in [0.15, 0.2) is 47.5 Å². The van der Waals surface area contributed by atoms with Crippen molar-refractivity contribution < 1.29 is 22.9 Å². The summed E-state index contributed by atoms with van der Waals surface area (Å²) in [5.41, 5.74) is -0.0476. The maximum atomic E-state index is 12.5. The van der Waals surface area contributed by atoms with Crippen LogP contribution in [-0.2, 0) is 21.2 Å². The number of non-ortho nitro benzene ring substituents is 1. The largest absolute Gasteiger partial charge is 0.465 e. The lowest BCUT2D eigenvalue weighted by atomic mass is 10.2. The van der Waals surface area contributed by atoms with Crippen LogP contribution in [-0.4, -0.2) is 37.9 Å². The van der Waals surface area contributed by atoms with Crippen molar-refractivity contribution in [1.29, 1.82) is 0 Å². The number of nitrogens with zero attached hydrogens (tertiary/aromatic N) is 2. The van der Waals surface area contributed by atoms with Gasteiger partial charge >= 0.3 is 5.97 Å². The van der Waals surface area contributed by atoms with Crippen LogP contribution < -0.4 is 4.72 Å². The molecule has 9 nitrogen and oxygen atoms in total. The zero-order chi connectivity index (χ0) is 18.4. The molecule has 0 atom stereocenters. The second-order valence-corrected chi connectivity index (χ2v) is 6.63. The lowest BCUT2D eigenvalue weighted by Gasteiger charge is -2.10. The molecule has 0 radical (unpaired) electrons. The second kappa shape index (κ2) is 7.81. The Hall–Kier alpha value is -2.85. The standard InChI is InChI=1S/C15H15N3O6S/c1-24-15(19)13-6-5-12(18(20)21)10-14(13)25(22,23)17-9-7-11-4-2-3-8-16-11/h2-6,8,10,17H,7,9H2,1H3. The van der Waals surface area contributed by atoms with E-state index < -0.39 is 31.5 Å². The number of methoxy groups -OCH3 is 1. The second-order valence-electron chi connectivity index (χ2n) is 4.90. The molecule has 1 heterocycles. The van der Waals surface area contributed by atoms with Gasteiger partial charge in [0.15, 0.2) is 0 Å². The molecule has 132 valence electrons. The Kier molecular flexibility index (Phi) is 5.78. The minimum Gasteiger partial charge on any atom is -0.465 e. The summed E-state index contributed by atoms with van der Waals surface area (Å²) in [4.78, 5) is 25.5. The van der Waals surface area contributed by atoms with E-state index in [9.17, 15) is 23.3 Å². The number of rotatable bonds is 7. The first kappa shape index (κ1) is 18.5. The van der Waals surface area contributed by atoms with E-state index in [-0.39, 0.29) is 12.1 Å². The first-order chi connectivity index (χ1) is 11.8. The molecule has 0 bridgehead atoms. The summed E-state index contributed by atoms with van der Waals surface area (Å²) < 4.78 is 31.8. The van der Waals surface area contributed by atoms with Gasteiger partial charge in [-0.1, -0.05) is 6.07 Å². The fraction of sp³-hybridized carbons (Fsp3) is 0.200. The lowest BCUT2D eigenvalue weighted by molar-refractivity contribution is -0.385. The fourth-order valence-corrected chi connectivity index (χ4v) is 3.31. The quantitative estimate of drug-likeness (QED) is 0.445. The Balaban J connectivity index is 2.28. The van der Waals surface area contributed by atoms with E-state index in [0.717, 1.165) is 25.3 Å². The third-order valence-corrected chi connectivity index (χ3v) is 4.77. The van der Waals surface area contributed by atoms with Gasteiger partial charge in [-0.05, 0) is 18.2 Å². The van der Waals surface area contributed by atoms with Gasteiger partial charge in [-0.2, -0.15) is 0 Å². The average Bonchev–Trinajstić information content (AvgIpc) is 2.61. The molecule has 2 rings (SSSR count). The van der Waals surface area contributed by atoms with Gasteiger partial charge in [0.05, 0.1) is 17.6 Å². The predicted molar refractivity (Wildman–Crippen MR) is 87.6 cm³/mol. The summed E-state index contributed by atoms with van der Waals surface area (Å²) in [6.07, 6.45) is 1.91. The lowest BCUT2D eigenvalue weighted by Crippen LogP contribution is -2.28. The third kappa shape index (κ3) is 4.58. The number of sulfonamides is 1. The smallest absolute Gasteiger partial charge is 0.339 e. The Morgan fingerprint density at radius 3 is 2.68 bits per heavy atom. The monoisotopic (exact) mass is 365 g/mol. The average molecular weight is 365 g/mol. The molecule has 0 saturated heterocycles. The molecule has 1 aromatic heterocycles. The Bertz CT molecular complexity index is 883. The number of hydrogen-bond donors (Lipinski definition) is 1. The van der Waals surface area contributed by atoms with Crippen LogP contribution in [0.1, 0.15) is 16.1 Å². The van der Waals surface area contributed by atoms with Gasteiger partial charge in [-0.3, -0.25) is 15.1 Å². The number of hydrogen-bond acceptors (Lipinski definition) is 7. The first-order valence-electron chi connectivity index (χ1n) is 7.11. The van der Waals surface area contributed by atoms with Gasteiger partial charge in [0.1, 0.15) is 4.90 Å². The van der Waals surface area contributed by atoms with Gasteiger partial charge in [0, 0.05) is 37.0 Å². The Morgan fingerprint density at radius 1 is 1.32 bits per heavy atom. The number of ether oxygens (including phenoxy) is 1. The minimum atomic E-state index is -4.16. The number of esters is 1. The highest BCUT2D eigenvalue weighted by atomic mass is 32.2. The highest BCUT2D eigenvalue weighted by Gasteiger charge is 2.25. The number of pyridine rings is 1. The highest BCUT2D eigenvalue weighted by Crippen LogP contribution is 2.23. The molecular formula is C15H15N3O6S. The summed E-state index contributed by atoms with van der Waals surface area (Å²) in [6, 6.07) is 8.17. The molecule has 0 fully saturated rings. The van der Waals surface area contributed by atoms with Crippen molar-refractivity contribution in [2.45, 2.75) is 11.3 Å². The maximum Gasteiger partial charge on any atom is 0.339 e. The molecule has 0 amide bonds. The van der Waals surface area contributed by atoms with Gasteiger partial charge in [-0.25, -0.2) is 17.9 Å². The first-order valence-corrected chi connectivity index (χ1v) is 8.60. The van der Waals surface area contributed by atoms with E-state index in [0.29, 0.717) is 12.1 Å². The molecule has 0 aliphatic rings. The highest BCUT2D eigenvalue weighted by molar-refractivity contribution is 7.89. The molecule has 2 aromatic rings. The summed E-state index contributed by atoms with van der Waals surface area (Å²) >= 11 is 0. The normalized spacial score (nSPS) is 11.1. The van der Waals surface area contributed by atoms with Gasteiger partial charge in [0.25, 0.3) is 5.69 Å². The zero-order valence-corrected chi connectivity index (χ0v) is 14.0. The van der Waals surface area contributed by atoms with Crippen LogP contribution in [0.4, 0.5) is 5.69 Å². The summed E-state index contributed by atoms with van der Waals surface area (Å²) in [7, 11) is -3.06. The van der Waals surface area contributed by atoms with Crippen molar-refractivity contribution in [3.05, 3.63) is 64.0 Å². The number of aromatic nitrogens is 1. The molecule has 1 aromatic carbocycles. The molecule has 0 saturated carbocycles.